The Kier molecular flexibility index (Phi) is 10.4. The van der Waals surface area contributed by atoms with Gasteiger partial charge >= 0.3 is 0 Å². The molecule has 0 amide bonds. The third-order valence-corrected chi connectivity index (χ3v) is 3.55. The Balaban J connectivity index is 2.97. The fourth-order valence-corrected chi connectivity index (χ4v) is 2.56. The van der Waals surface area contributed by atoms with Gasteiger partial charge in [-0.2, -0.15) is 24.4 Å². The van der Waals surface area contributed by atoms with Crippen LogP contribution in [0.1, 0.15) is 46.0 Å². The molecule has 1 atom stereocenters. The summed E-state index contributed by atoms with van der Waals surface area (Å²) < 4.78 is 0. The van der Waals surface area contributed by atoms with Crippen LogP contribution >= 0.6 is 24.4 Å². The van der Waals surface area contributed by atoms with E-state index in [0.717, 1.165) is 11.0 Å². The summed E-state index contributed by atoms with van der Waals surface area (Å²) in [7, 11) is 0. The van der Waals surface area contributed by atoms with E-state index in [4.69, 9.17) is 0 Å². The molecule has 0 fully saturated rings. The van der Waals surface area contributed by atoms with Crippen molar-refractivity contribution in [2.24, 2.45) is 0 Å². The molecule has 0 saturated carbocycles. The summed E-state index contributed by atoms with van der Waals surface area (Å²) >= 11 is 6.32. The van der Waals surface area contributed by atoms with Crippen LogP contribution < -0.4 is 0 Å². The van der Waals surface area contributed by atoms with Gasteiger partial charge in [0.05, 0.1) is 0 Å². The van der Waals surface area contributed by atoms with Crippen LogP contribution in [0, 0.1) is 0 Å². The molecule has 2 heteroatoms. The smallest absolute Gasteiger partial charge is 0.00186 e. The second-order valence-electron chi connectivity index (χ2n) is 3.25. The quantitative estimate of drug-likeness (QED) is 0.462. The second kappa shape index (κ2) is 9.79. The average molecular weight is 206 g/mol. The zero-order valence-corrected chi connectivity index (χ0v) is 10.1. The van der Waals surface area contributed by atoms with E-state index in [1.165, 1.54) is 37.9 Å². The molecule has 0 aliphatic heterocycles. The van der Waals surface area contributed by atoms with Crippen molar-refractivity contribution in [2.75, 3.05) is 11.5 Å². The highest BCUT2D eigenvalue weighted by Gasteiger charge is 1.99. The molecular weight excluding hydrogens is 184 g/mol. The minimum atomic E-state index is 0.867. The molecule has 0 aliphatic rings. The van der Waals surface area contributed by atoms with Crippen LogP contribution in [0.5, 0.6) is 0 Å². The predicted octanol–water partition coefficient (Wildman–Crippen LogP) is 4.01. The lowest BCUT2D eigenvalue weighted by Gasteiger charge is -2.08. The molecule has 74 valence electrons. The molecule has 0 aromatic carbocycles. The van der Waals surface area contributed by atoms with Crippen LogP contribution in [0.3, 0.4) is 0 Å². The lowest BCUT2D eigenvalue weighted by Crippen LogP contribution is -1.96. The number of hydrogen-bond donors (Lipinski definition) is 1. The topological polar surface area (TPSA) is 0 Å². The van der Waals surface area contributed by atoms with Gasteiger partial charge < -0.3 is 0 Å². The SMILES string of the molecule is CCCC(C)SCCCCCS. The molecule has 0 spiro atoms. The van der Waals surface area contributed by atoms with Gasteiger partial charge in [-0.1, -0.05) is 26.7 Å². The van der Waals surface area contributed by atoms with Gasteiger partial charge in [-0.15, -0.1) is 0 Å². The van der Waals surface area contributed by atoms with Gasteiger partial charge in [-0.05, 0) is 30.8 Å². The number of unbranched alkanes of at least 4 members (excludes halogenated alkanes) is 2. The maximum atomic E-state index is 4.19. The van der Waals surface area contributed by atoms with Crippen molar-refractivity contribution in [2.45, 2.75) is 51.2 Å². The average Bonchev–Trinajstić information content (AvgIpc) is 2.05. The summed E-state index contributed by atoms with van der Waals surface area (Å²) in [5, 5.41) is 0.867. The molecule has 0 aliphatic carbocycles. The summed E-state index contributed by atoms with van der Waals surface area (Å²) in [6, 6.07) is 0. The van der Waals surface area contributed by atoms with Crippen molar-refractivity contribution in [1.29, 1.82) is 0 Å². The van der Waals surface area contributed by atoms with Crippen molar-refractivity contribution in [3.8, 4) is 0 Å². The summed E-state index contributed by atoms with van der Waals surface area (Å²) in [5.74, 6) is 2.39. The van der Waals surface area contributed by atoms with Crippen molar-refractivity contribution in [3.05, 3.63) is 0 Å². The molecule has 0 aromatic heterocycles. The predicted molar refractivity (Wildman–Crippen MR) is 64.5 cm³/mol. The Bertz CT molecular complexity index is 83.9. The third-order valence-electron chi connectivity index (χ3n) is 1.90. The minimum Gasteiger partial charge on any atom is -0.179 e. The summed E-state index contributed by atoms with van der Waals surface area (Å²) in [5.41, 5.74) is 0. The third kappa shape index (κ3) is 8.79. The van der Waals surface area contributed by atoms with E-state index in [-0.39, 0.29) is 0 Å². The first kappa shape index (κ1) is 12.7. The van der Waals surface area contributed by atoms with Crippen LogP contribution in [0.4, 0.5) is 0 Å². The van der Waals surface area contributed by atoms with Crippen molar-refractivity contribution in [3.63, 3.8) is 0 Å². The maximum absolute atomic E-state index is 4.19. The zero-order chi connectivity index (χ0) is 9.23. The normalized spacial score (nSPS) is 13.2. The fraction of sp³-hybridized carbons (Fsp3) is 1.00. The van der Waals surface area contributed by atoms with Crippen LogP contribution in [0.15, 0.2) is 0 Å². The Labute approximate surface area is 87.3 Å². The van der Waals surface area contributed by atoms with Crippen molar-refractivity contribution < 1.29 is 0 Å². The highest BCUT2D eigenvalue weighted by atomic mass is 32.2. The van der Waals surface area contributed by atoms with Gasteiger partial charge in [0.25, 0.3) is 0 Å². The highest BCUT2D eigenvalue weighted by molar-refractivity contribution is 7.99. The van der Waals surface area contributed by atoms with E-state index < -0.39 is 0 Å². The molecule has 0 bridgehead atoms. The molecule has 0 radical (unpaired) electrons. The lowest BCUT2D eigenvalue weighted by molar-refractivity contribution is 0.768. The molecule has 12 heavy (non-hydrogen) atoms. The molecule has 0 nitrogen and oxygen atoms in total. The van der Waals surface area contributed by atoms with E-state index in [2.05, 4.69) is 38.2 Å². The van der Waals surface area contributed by atoms with Gasteiger partial charge in [0.2, 0.25) is 0 Å². The maximum Gasteiger partial charge on any atom is 0.00186 e. The summed E-state index contributed by atoms with van der Waals surface area (Å²) in [6.07, 6.45) is 6.71. The molecule has 0 rings (SSSR count). The Morgan fingerprint density at radius 3 is 2.58 bits per heavy atom. The fourth-order valence-electron chi connectivity index (χ4n) is 1.17. The second-order valence-corrected chi connectivity index (χ2v) is 5.25. The highest BCUT2D eigenvalue weighted by Crippen LogP contribution is 2.17. The molecule has 0 N–H and O–H groups in total. The molecule has 1 unspecified atom stereocenters. The lowest BCUT2D eigenvalue weighted by atomic mass is 10.3. The number of thioether (sulfide) groups is 1. The summed E-state index contributed by atoms with van der Waals surface area (Å²) in [6.45, 7) is 4.60. The van der Waals surface area contributed by atoms with Crippen LogP contribution in [-0.2, 0) is 0 Å². The molecule has 0 saturated heterocycles. The largest absolute Gasteiger partial charge is 0.179 e. The standard InChI is InChI=1S/C10H22S2/c1-3-7-10(2)12-9-6-4-5-8-11/h10-11H,3-9H2,1-2H3. The number of hydrogen-bond acceptors (Lipinski definition) is 2. The van der Waals surface area contributed by atoms with Crippen LogP contribution in [0.2, 0.25) is 0 Å². The Hall–Kier alpha value is 0.700. The van der Waals surface area contributed by atoms with Gasteiger partial charge in [-0.3, -0.25) is 0 Å². The Morgan fingerprint density at radius 1 is 1.25 bits per heavy atom. The van der Waals surface area contributed by atoms with Gasteiger partial charge in [0.15, 0.2) is 0 Å². The summed E-state index contributed by atoms with van der Waals surface area (Å²) in [4.78, 5) is 0. The molecule has 0 aromatic rings. The Morgan fingerprint density at radius 2 is 2.00 bits per heavy atom. The van der Waals surface area contributed by atoms with E-state index in [1.807, 2.05) is 0 Å². The van der Waals surface area contributed by atoms with E-state index in [0.29, 0.717) is 0 Å². The van der Waals surface area contributed by atoms with E-state index in [1.54, 1.807) is 0 Å². The first-order valence-corrected chi connectivity index (χ1v) is 6.71. The van der Waals surface area contributed by atoms with Gasteiger partial charge in [0, 0.05) is 5.25 Å². The molecule has 0 heterocycles. The van der Waals surface area contributed by atoms with Crippen molar-refractivity contribution >= 4 is 24.4 Å². The number of rotatable bonds is 8. The molecular formula is C10H22S2. The van der Waals surface area contributed by atoms with Crippen molar-refractivity contribution in [1.82, 2.24) is 0 Å². The first-order chi connectivity index (χ1) is 5.81. The first-order valence-electron chi connectivity index (χ1n) is 5.03. The van der Waals surface area contributed by atoms with Crippen LogP contribution in [-0.4, -0.2) is 16.8 Å². The van der Waals surface area contributed by atoms with E-state index >= 15 is 0 Å². The van der Waals surface area contributed by atoms with Crippen LogP contribution in [0.25, 0.3) is 0 Å². The van der Waals surface area contributed by atoms with E-state index in [9.17, 15) is 0 Å². The van der Waals surface area contributed by atoms with Gasteiger partial charge in [-0.25, -0.2) is 0 Å². The number of thiol groups is 1. The zero-order valence-electron chi connectivity index (χ0n) is 8.38. The monoisotopic (exact) mass is 206 g/mol. The minimum absolute atomic E-state index is 0.867. The van der Waals surface area contributed by atoms with Gasteiger partial charge in [0.1, 0.15) is 0 Å².